The normalized spacial score (nSPS) is 11.1. The summed E-state index contributed by atoms with van der Waals surface area (Å²) >= 11 is 3.48. The zero-order chi connectivity index (χ0) is 77.2. The van der Waals surface area contributed by atoms with Gasteiger partial charge in [0, 0.05) is 0 Å². The van der Waals surface area contributed by atoms with Crippen LogP contribution in [0.1, 0.15) is 75.6 Å². The molecule has 0 saturated heterocycles. The van der Waals surface area contributed by atoms with Gasteiger partial charge in [0.2, 0.25) is 0 Å². The van der Waals surface area contributed by atoms with Gasteiger partial charge in [-0.2, -0.15) is 24.3 Å². The second kappa shape index (κ2) is 38.5. The molecule has 0 aliphatic carbocycles. The largest absolute Gasteiger partial charge is 1.00 e. The topological polar surface area (TPSA) is 0 Å². The van der Waals surface area contributed by atoms with Crippen molar-refractivity contribution in [2.75, 3.05) is 0 Å². The molecule has 0 aromatic heterocycles. The van der Waals surface area contributed by atoms with Gasteiger partial charge in [0.25, 0.3) is 0 Å². The van der Waals surface area contributed by atoms with Crippen molar-refractivity contribution in [3.05, 3.63) is 362 Å². The maximum Gasteiger partial charge on any atom is -1.00 e. The molecule has 0 fully saturated rings. The molecule has 20 aromatic carbocycles. The molecule has 0 N–H and O–H groups in total. The molecule has 0 nitrogen and oxygen atoms in total. The summed E-state index contributed by atoms with van der Waals surface area (Å²) in [4.78, 5) is 0. The summed E-state index contributed by atoms with van der Waals surface area (Å²) in [5, 5.41) is 32.0. The van der Waals surface area contributed by atoms with E-state index in [0.29, 0.717) is 0 Å². The van der Waals surface area contributed by atoms with Crippen LogP contribution in [0.15, 0.2) is 340 Å². The molecule has 114 heavy (non-hydrogen) atoms. The van der Waals surface area contributed by atoms with Crippen LogP contribution in [0.4, 0.5) is 0 Å². The quantitative estimate of drug-likeness (QED) is 0.0650. The van der Waals surface area contributed by atoms with Crippen LogP contribution < -0.4 is 24.8 Å². The summed E-state index contributed by atoms with van der Waals surface area (Å²) < 4.78 is 0. The van der Waals surface area contributed by atoms with E-state index < -0.39 is 0 Å². The first-order chi connectivity index (χ1) is 54.9. The van der Waals surface area contributed by atoms with Crippen LogP contribution in [0, 0.1) is 0 Å². The summed E-state index contributed by atoms with van der Waals surface area (Å²) in [5.74, 6) is 0. The monoisotopic (exact) mass is 1700 g/mol. The molecule has 0 heterocycles. The minimum absolute atomic E-state index is 0. The van der Waals surface area contributed by atoms with Crippen molar-refractivity contribution in [2.45, 2.75) is 105 Å². The van der Waals surface area contributed by atoms with Gasteiger partial charge in [-0.25, -0.2) is 0 Å². The van der Waals surface area contributed by atoms with Crippen LogP contribution in [-0.2, 0) is 72.4 Å². The van der Waals surface area contributed by atoms with E-state index in [4.69, 9.17) is 0 Å². The minimum atomic E-state index is 0. The first kappa shape index (κ1) is 82.8. The molecule has 0 amide bonds. The molecule has 0 unspecified atom stereocenters. The summed E-state index contributed by atoms with van der Waals surface area (Å²) in [6, 6.07) is 125. The average molecular weight is 1700 g/mol. The standard InChI is InChI=1S/4C26H21.2C2H6Si.2ClH.2Zr/c4*1-2-8-18-15-19-11-7-14-24(25(19)16-18)26-22-12-5-3-9-20(22)17-21-10-4-6-13-23(21)26;2*1-3-2;;;;/h4*3-7,9-17H,2,8H2,1H3;2*1-2H3;2*1H;;/q4*-1;;;;;2*+2/p-2. The number of fused-ring (bicyclic) bond motifs is 12. The number of benzene rings is 16. The van der Waals surface area contributed by atoms with Crippen LogP contribution in [0.2, 0.25) is 26.2 Å². The van der Waals surface area contributed by atoms with Crippen LogP contribution >= 0.6 is 0 Å². The molecule has 20 aromatic rings. The van der Waals surface area contributed by atoms with Crippen molar-refractivity contribution >= 4 is 140 Å². The first-order valence-corrected chi connectivity index (χ1v) is 52.6. The number of rotatable bonds is 12. The fraction of sp³-hybridized carbons (Fsp3) is 0.148. The molecule has 0 bridgehead atoms. The molecule has 0 aliphatic heterocycles. The summed E-state index contributed by atoms with van der Waals surface area (Å²) in [6.07, 6.45) is 9.31. The molecule has 6 heteroatoms. The van der Waals surface area contributed by atoms with Crippen molar-refractivity contribution in [1.29, 1.82) is 0 Å². The van der Waals surface area contributed by atoms with Crippen molar-refractivity contribution < 1.29 is 71.5 Å². The van der Waals surface area contributed by atoms with E-state index in [2.05, 4.69) is 394 Å². The summed E-state index contributed by atoms with van der Waals surface area (Å²) in [5.41, 5.74) is 17.0. The Morgan fingerprint density at radius 2 is 0.368 bits per heavy atom. The third-order valence-corrected chi connectivity index (χ3v) is 21.6. The number of hydrogen-bond acceptors (Lipinski definition) is 0. The Labute approximate surface area is 716 Å². The third kappa shape index (κ3) is 18.1. The molecule has 0 aliphatic rings. The van der Waals surface area contributed by atoms with Gasteiger partial charge in [0.15, 0.2) is 0 Å². The fourth-order valence-electron chi connectivity index (χ4n) is 17.0. The Balaban J connectivity index is 0.000000128. The van der Waals surface area contributed by atoms with E-state index in [1.165, 1.54) is 222 Å². The van der Waals surface area contributed by atoms with Gasteiger partial charge < -0.3 is 24.8 Å². The van der Waals surface area contributed by atoms with Crippen molar-refractivity contribution in [3.8, 4) is 44.5 Å². The smallest absolute Gasteiger partial charge is 1.00 e. The van der Waals surface area contributed by atoms with Gasteiger partial charge in [-0.05, 0) is 158 Å². The van der Waals surface area contributed by atoms with E-state index in [1.54, 1.807) is 46.7 Å². The van der Waals surface area contributed by atoms with Crippen LogP contribution in [0.3, 0.4) is 0 Å². The minimum Gasteiger partial charge on any atom is -1.00 e. The molecule has 0 radical (unpaired) electrons. The maximum absolute atomic E-state index is 2.39. The van der Waals surface area contributed by atoms with Crippen molar-refractivity contribution in [1.82, 2.24) is 0 Å². The summed E-state index contributed by atoms with van der Waals surface area (Å²) in [7, 11) is 0. The Hall–Kier alpha value is -9.18. The predicted octanol–water partition coefficient (Wildman–Crippen LogP) is 25.5. The Morgan fingerprint density at radius 3 is 0.526 bits per heavy atom. The number of halogens is 2. The van der Waals surface area contributed by atoms with E-state index in [0.717, 1.165) is 25.7 Å². The van der Waals surface area contributed by atoms with Crippen LogP contribution in [0.25, 0.3) is 174 Å². The number of hydrogen-bond donors (Lipinski definition) is 0. The third-order valence-electron chi connectivity index (χ3n) is 21.6. The Bertz CT molecular complexity index is 5790. The molecule has 560 valence electrons. The zero-order valence-electron chi connectivity index (χ0n) is 66.7. The molecule has 20 rings (SSSR count). The van der Waals surface area contributed by atoms with Gasteiger partial charge in [-0.15, -0.1) is 138 Å². The van der Waals surface area contributed by atoms with Gasteiger partial charge in [0.05, 0.1) is 0 Å². The van der Waals surface area contributed by atoms with Crippen LogP contribution in [0.5, 0.6) is 0 Å². The van der Waals surface area contributed by atoms with Gasteiger partial charge in [0.1, 0.15) is 0 Å². The van der Waals surface area contributed by atoms with E-state index >= 15 is 0 Å². The van der Waals surface area contributed by atoms with Gasteiger partial charge in [-0.1, -0.05) is 294 Å². The number of aryl methyl sites for hydroxylation is 4. The fourth-order valence-corrected chi connectivity index (χ4v) is 17.0. The van der Waals surface area contributed by atoms with E-state index in [1.807, 2.05) is 0 Å². The second-order valence-electron chi connectivity index (χ2n) is 30.5. The van der Waals surface area contributed by atoms with Gasteiger partial charge >= 0.3 is 83.7 Å². The van der Waals surface area contributed by atoms with E-state index in [9.17, 15) is 0 Å². The zero-order valence-corrected chi connectivity index (χ0v) is 75.2. The summed E-state index contributed by atoms with van der Waals surface area (Å²) in [6.45, 7) is 18.2. The van der Waals surface area contributed by atoms with Crippen molar-refractivity contribution in [3.63, 3.8) is 0 Å². The second-order valence-corrected chi connectivity index (χ2v) is 49.2. The van der Waals surface area contributed by atoms with Gasteiger partial charge in [-0.3, -0.25) is 0 Å². The molecule has 0 spiro atoms. The molecule has 0 saturated carbocycles. The Kier molecular flexibility index (Phi) is 28.0. The Morgan fingerprint density at radius 1 is 0.211 bits per heavy atom. The van der Waals surface area contributed by atoms with E-state index in [-0.39, 0.29) is 35.7 Å². The molecule has 0 atom stereocenters. The average Bonchev–Trinajstić information content (AvgIpc) is 0.930. The predicted molar refractivity (Wildman–Crippen MR) is 491 cm³/mol. The molecular formula is C108H96Cl2Si2Zr2-2. The SMILES string of the molecule is CCCc1cc2c(-c3c4ccccc4cc4ccccc34)cccc2[cH-]1.CCCc1cc2c(-c3c4ccccc4cc4ccccc34)cccc2[cH-]1.CCCc1cc2c(-c3c4ccccc4cc4ccccc34)cccc2[cH-]1.CCCc1cc2c(-c3c4ccccc4cc4ccccc34)cccc2[cH-]1.C[Si](C)=[Zr+2].C[Si](C)=[Zr+2].[Cl-].[Cl-]. The molecular weight excluding hydrogens is 1610 g/mol. The maximum atomic E-state index is 2.39. The first-order valence-electron chi connectivity index (χ1n) is 40.3. The van der Waals surface area contributed by atoms with Crippen molar-refractivity contribution in [2.24, 2.45) is 0 Å². The van der Waals surface area contributed by atoms with Crippen LogP contribution in [-0.4, -0.2) is 10.9 Å².